The Balaban J connectivity index is 2.36. The van der Waals surface area contributed by atoms with Crippen LogP contribution in [0.3, 0.4) is 0 Å². The Hall–Kier alpha value is -3.01. The van der Waals surface area contributed by atoms with Gasteiger partial charge in [-0.05, 0) is 42.8 Å². The molecule has 1 atom stereocenters. The normalized spacial score (nSPS) is 12.2. The molecule has 162 valence electrons. The van der Waals surface area contributed by atoms with Gasteiger partial charge in [0, 0.05) is 13.6 Å². The van der Waals surface area contributed by atoms with Crippen LogP contribution in [0.2, 0.25) is 0 Å². The quantitative estimate of drug-likeness (QED) is 0.681. The number of carbonyl (C=O) groups is 2. The van der Waals surface area contributed by atoms with Gasteiger partial charge in [0.1, 0.15) is 24.2 Å². The Morgan fingerprint density at radius 1 is 1.07 bits per heavy atom. The molecule has 0 saturated heterocycles. The van der Waals surface area contributed by atoms with Crippen molar-refractivity contribution in [2.24, 2.45) is 0 Å². The van der Waals surface area contributed by atoms with Gasteiger partial charge >= 0.3 is 0 Å². The van der Waals surface area contributed by atoms with Crippen LogP contribution < -0.4 is 9.62 Å². The zero-order valence-electron chi connectivity index (χ0n) is 16.8. The maximum Gasteiger partial charge on any atom is 0.244 e. The number of benzene rings is 2. The van der Waals surface area contributed by atoms with Crippen molar-refractivity contribution in [2.45, 2.75) is 19.5 Å². The van der Waals surface area contributed by atoms with E-state index < -0.39 is 46.1 Å². The average molecular weight is 439 g/mol. The van der Waals surface area contributed by atoms with E-state index in [1.165, 1.54) is 55.3 Å². The van der Waals surface area contributed by atoms with Gasteiger partial charge in [-0.25, -0.2) is 17.2 Å². The van der Waals surface area contributed by atoms with Gasteiger partial charge in [0.05, 0.1) is 11.9 Å². The highest BCUT2D eigenvalue weighted by molar-refractivity contribution is 7.92. The first kappa shape index (κ1) is 23.3. The second-order valence-electron chi connectivity index (χ2n) is 6.69. The topological polar surface area (TPSA) is 86.8 Å². The highest BCUT2D eigenvalue weighted by Crippen LogP contribution is 2.20. The molecule has 2 aromatic rings. The summed E-state index contributed by atoms with van der Waals surface area (Å²) in [5.74, 6) is -2.24. The first-order valence-electron chi connectivity index (χ1n) is 9.01. The standard InChI is InChI=1S/C20H23F2N3O4S/c1-14(20(27)23-2)24(12-15-7-9-16(21)10-8-15)19(26)13-25(30(3,28)29)18-6-4-5-17(22)11-18/h4-11,14H,12-13H2,1-3H3,(H,23,27)/t14-/m0/s1. The fraction of sp³-hybridized carbons (Fsp3) is 0.300. The van der Waals surface area contributed by atoms with Crippen LogP contribution in [0.15, 0.2) is 48.5 Å². The highest BCUT2D eigenvalue weighted by atomic mass is 32.2. The molecule has 0 radical (unpaired) electrons. The molecule has 7 nitrogen and oxygen atoms in total. The summed E-state index contributed by atoms with van der Waals surface area (Å²) in [7, 11) is -2.51. The van der Waals surface area contributed by atoms with E-state index in [1.54, 1.807) is 0 Å². The molecule has 0 fully saturated rings. The van der Waals surface area contributed by atoms with E-state index in [0.717, 1.165) is 22.7 Å². The molecule has 0 saturated carbocycles. The lowest BCUT2D eigenvalue weighted by molar-refractivity contribution is -0.139. The summed E-state index contributed by atoms with van der Waals surface area (Å²) >= 11 is 0. The van der Waals surface area contributed by atoms with Crippen LogP contribution in [0.4, 0.5) is 14.5 Å². The van der Waals surface area contributed by atoms with Crippen molar-refractivity contribution in [3.63, 3.8) is 0 Å². The van der Waals surface area contributed by atoms with E-state index >= 15 is 0 Å². The first-order chi connectivity index (χ1) is 14.0. The van der Waals surface area contributed by atoms with Gasteiger partial charge in [-0.3, -0.25) is 13.9 Å². The molecule has 0 aliphatic heterocycles. The summed E-state index contributed by atoms with van der Waals surface area (Å²) < 4.78 is 52.1. The number of likely N-dealkylation sites (N-methyl/N-ethyl adjacent to an activating group) is 1. The minimum atomic E-state index is -3.92. The van der Waals surface area contributed by atoms with Gasteiger partial charge in [0.15, 0.2) is 0 Å². The minimum absolute atomic E-state index is 0.0137. The van der Waals surface area contributed by atoms with Crippen molar-refractivity contribution < 1.29 is 26.8 Å². The molecular weight excluding hydrogens is 416 g/mol. The zero-order chi connectivity index (χ0) is 22.5. The Morgan fingerprint density at radius 2 is 1.70 bits per heavy atom. The van der Waals surface area contributed by atoms with Crippen molar-refractivity contribution in [1.29, 1.82) is 0 Å². The predicted octanol–water partition coefficient (Wildman–Crippen LogP) is 1.89. The van der Waals surface area contributed by atoms with Crippen LogP contribution in [-0.4, -0.2) is 51.0 Å². The molecule has 2 amide bonds. The van der Waals surface area contributed by atoms with Crippen LogP contribution in [0, 0.1) is 11.6 Å². The number of halogens is 2. The molecule has 0 unspecified atom stereocenters. The van der Waals surface area contributed by atoms with E-state index in [4.69, 9.17) is 0 Å². The van der Waals surface area contributed by atoms with Crippen LogP contribution in [0.25, 0.3) is 0 Å². The summed E-state index contributed by atoms with van der Waals surface area (Å²) in [5, 5.41) is 2.44. The zero-order valence-corrected chi connectivity index (χ0v) is 17.6. The summed E-state index contributed by atoms with van der Waals surface area (Å²) in [5.41, 5.74) is 0.539. The lowest BCUT2D eigenvalue weighted by atomic mass is 10.1. The number of hydrogen-bond acceptors (Lipinski definition) is 4. The molecule has 2 rings (SSSR count). The number of nitrogens with zero attached hydrogens (tertiary/aromatic N) is 2. The Morgan fingerprint density at radius 3 is 2.23 bits per heavy atom. The Bertz CT molecular complexity index is 1010. The average Bonchev–Trinajstić information content (AvgIpc) is 2.69. The smallest absolute Gasteiger partial charge is 0.244 e. The van der Waals surface area contributed by atoms with Crippen LogP contribution in [-0.2, 0) is 26.2 Å². The van der Waals surface area contributed by atoms with Crippen LogP contribution in [0.1, 0.15) is 12.5 Å². The number of rotatable bonds is 8. The monoisotopic (exact) mass is 439 g/mol. The molecular formula is C20H23F2N3O4S. The molecule has 0 spiro atoms. The third kappa shape index (κ3) is 5.99. The fourth-order valence-electron chi connectivity index (χ4n) is 2.82. The molecule has 10 heteroatoms. The van der Waals surface area contributed by atoms with Gasteiger partial charge in [-0.1, -0.05) is 18.2 Å². The van der Waals surface area contributed by atoms with Crippen molar-refractivity contribution in [2.75, 3.05) is 24.2 Å². The number of amides is 2. The van der Waals surface area contributed by atoms with Crippen LogP contribution >= 0.6 is 0 Å². The lowest BCUT2D eigenvalue weighted by Gasteiger charge is -2.31. The first-order valence-corrected chi connectivity index (χ1v) is 10.9. The van der Waals surface area contributed by atoms with Crippen molar-refractivity contribution in [3.8, 4) is 0 Å². The number of sulfonamides is 1. The van der Waals surface area contributed by atoms with E-state index in [9.17, 15) is 26.8 Å². The molecule has 0 aliphatic rings. The fourth-order valence-corrected chi connectivity index (χ4v) is 3.66. The van der Waals surface area contributed by atoms with E-state index in [2.05, 4.69) is 5.32 Å². The van der Waals surface area contributed by atoms with Crippen molar-refractivity contribution >= 4 is 27.5 Å². The largest absolute Gasteiger partial charge is 0.357 e. The predicted molar refractivity (Wildman–Crippen MR) is 109 cm³/mol. The Kier molecular flexibility index (Phi) is 7.49. The number of carbonyl (C=O) groups excluding carboxylic acids is 2. The maximum absolute atomic E-state index is 13.6. The second kappa shape index (κ2) is 9.66. The van der Waals surface area contributed by atoms with Gasteiger partial charge < -0.3 is 10.2 Å². The summed E-state index contributed by atoms with van der Waals surface area (Å²) in [4.78, 5) is 26.4. The van der Waals surface area contributed by atoms with Gasteiger partial charge in [-0.15, -0.1) is 0 Å². The van der Waals surface area contributed by atoms with Gasteiger partial charge in [-0.2, -0.15) is 0 Å². The highest BCUT2D eigenvalue weighted by Gasteiger charge is 2.29. The van der Waals surface area contributed by atoms with E-state index in [-0.39, 0.29) is 12.2 Å². The van der Waals surface area contributed by atoms with Crippen molar-refractivity contribution in [3.05, 3.63) is 65.7 Å². The number of nitrogens with one attached hydrogen (secondary N) is 1. The van der Waals surface area contributed by atoms with Crippen LogP contribution in [0.5, 0.6) is 0 Å². The molecule has 0 aromatic heterocycles. The summed E-state index contributed by atoms with van der Waals surface area (Å²) in [6, 6.07) is 9.29. The molecule has 0 aliphatic carbocycles. The number of anilines is 1. The second-order valence-corrected chi connectivity index (χ2v) is 8.59. The number of hydrogen-bond donors (Lipinski definition) is 1. The molecule has 1 N–H and O–H groups in total. The van der Waals surface area contributed by atoms with E-state index in [0.29, 0.717) is 5.56 Å². The summed E-state index contributed by atoms with van der Waals surface area (Å²) in [6.45, 7) is 0.812. The maximum atomic E-state index is 13.6. The molecule has 30 heavy (non-hydrogen) atoms. The molecule has 2 aromatic carbocycles. The van der Waals surface area contributed by atoms with E-state index in [1.807, 2.05) is 0 Å². The Labute approximate surface area is 174 Å². The lowest BCUT2D eigenvalue weighted by Crippen LogP contribution is -2.50. The molecule has 0 bridgehead atoms. The third-order valence-electron chi connectivity index (χ3n) is 4.46. The minimum Gasteiger partial charge on any atom is -0.357 e. The van der Waals surface area contributed by atoms with Gasteiger partial charge in [0.25, 0.3) is 0 Å². The third-order valence-corrected chi connectivity index (χ3v) is 5.60. The molecule has 0 heterocycles. The SMILES string of the molecule is CNC(=O)[C@H](C)N(Cc1ccc(F)cc1)C(=O)CN(c1cccc(F)c1)S(C)(=O)=O. The van der Waals surface area contributed by atoms with Gasteiger partial charge in [0.2, 0.25) is 21.8 Å². The summed E-state index contributed by atoms with van der Waals surface area (Å²) in [6.07, 6.45) is 0.900. The van der Waals surface area contributed by atoms with Crippen molar-refractivity contribution in [1.82, 2.24) is 10.2 Å².